The van der Waals surface area contributed by atoms with Crippen LogP contribution in [0.1, 0.15) is 56.0 Å². The predicted molar refractivity (Wildman–Crippen MR) is 142 cm³/mol. The van der Waals surface area contributed by atoms with Gasteiger partial charge in [-0.15, -0.1) is 11.3 Å². The van der Waals surface area contributed by atoms with Crippen LogP contribution in [0.3, 0.4) is 0 Å². The van der Waals surface area contributed by atoms with Crippen molar-refractivity contribution >= 4 is 23.2 Å². The lowest BCUT2D eigenvalue weighted by molar-refractivity contribution is 0.0725. The molecule has 2 aromatic heterocycles. The van der Waals surface area contributed by atoms with Gasteiger partial charge in [0.15, 0.2) is 0 Å². The van der Waals surface area contributed by atoms with Gasteiger partial charge in [-0.05, 0) is 60.4 Å². The molecule has 0 unspecified atom stereocenters. The number of benzene rings is 2. The molecule has 1 aliphatic heterocycles. The van der Waals surface area contributed by atoms with Gasteiger partial charge in [0.2, 0.25) is 0 Å². The molecule has 1 aliphatic rings. The monoisotopic (exact) mass is 516 g/mol. The van der Waals surface area contributed by atoms with E-state index >= 15 is 0 Å². The lowest BCUT2D eigenvalue weighted by atomic mass is 10.00. The molecular weight excluding hydrogens is 487 g/mol. The fourth-order valence-electron chi connectivity index (χ4n) is 4.70. The van der Waals surface area contributed by atoms with Gasteiger partial charge in [0.25, 0.3) is 11.8 Å². The van der Waals surface area contributed by atoms with E-state index in [-0.39, 0.29) is 17.6 Å². The molecular formula is C29H29FN4O2S. The molecule has 2 amide bonds. The summed E-state index contributed by atoms with van der Waals surface area (Å²) < 4.78 is 15.4. The van der Waals surface area contributed by atoms with Gasteiger partial charge in [-0.25, -0.2) is 9.37 Å². The minimum atomic E-state index is -0.362. The molecule has 0 saturated carbocycles. The molecule has 0 atom stereocenters. The summed E-state index contributed by atoms with van der Waals surface area (Å²) >= 11 is 1.47. The number of carbonyl (C=O) groups is 2. The van der Waals surface area contributed by atoms with Crippen molar-refractivity contribution in [3.05, 3.63) is 111 Å². The van der Waals surface area contributed by atoms with E-state index in [4.69, 9.17) is 0 Å². The van der Waals surface area contributed by atoms with Gasteiger partial charge in [-0.3, -0.25) is 9.59 Å². The molecule has 4 aromatic rings. The van der Waals surface area contributed by atoms with Gasteiger partial charge in [-0.1, -0.05) is 31.2 Å². The standard InChI is InChI=1S/C29H29FN4O2S/c1-2-14-33(28(35)22-9-11-24(30)12-10-22)18-25-8-5-15-32(25)19-27-31-26(20-37-27)29(36)34-16-13-21-6-3-4-7-23(21)17-34/h3-12,15,20H,2,13-14,16-19H2,1H3. The van der Waals surface area contributed by atoms with Crippen molar-refractivity contribution in [3.63, 3.8) is 0 Å². The maximum Gasteiger partial charge on any atom is 0.273 e. The number of rotatable bonds is 8. The fraction of sp³-hybridized carbons (Fsp3) is 0.276. The Labute approximate surface area is 220 Å². The zero-order valence-electron chi connectivity index (χ0n) is 20.8. The SMILES string of the molecule is CCCN(Cc1cccn1Cc1nc(C(=O)N2CCc3ccccc3C2)cs1)C(=O)c1ccc(F)cc1. The lowest BCUT2D eigenvalue weighted by Gasteiger charge is -2.28. The zero-order valence-corrected chi connectivity index (χ0v) is 21.6. The molecule has 8 heteroatoms. The molecule has 190 valence electrons. The molecule has 6 nitrogen and oxygen atoms in total. The van der Waals surface area contributed by atoms with Crippen LogP contribution in [0.2, 0.25) is 0 Å². The first-order valence-corrected chi connectivity index (χ1v) is 13.4. The third kappa shape index (κ3) is 5.64. The molecule has 3 heterocycles. The first kappa shape index (κ1) is 24.9. The quantitative estimate of drug-likeness (QED) is 0.316. The third-order valence-electron chi connectivity index (χ3n) is 6.64. The molecule has 0 aliphatic carbocycles. The summed E-state index contributed by atoms with van der Waals surface area (Å²) in [5.74, 6) is -0.526. The Balaban J connectivity index is 1.26. The van der Waals surface area contributed by atoms with Gasteiger partial charge in [-0.2, -0.15) is 0 Å². The largest absolute Gasteiger partial charge is 0.343 e. The summed E-state index contributed by atoms with van der Waals surface area (Å²) in [4.78, 5) is 34.5. The van der Waals surface area contributed by atoms with E-state index in [1.165, 1.54) is 46.7 Å². The van der Waals surface area contributed by atoms with Crippen LogP contribution in [0.25, 0.3) is 0 Å². The summed E-state index contributed by atoms with van der Waals surface area (Å²) in [6, 6.07) is 17.9. The van der Waals surface area contributed by atoms with Crippen molar-refractivity contribution < 1.29 is 14.0 Å². The second-order valence-corrected chi connectivity index (χ2v) is 10.2. The van der Waals surface area contributed by atoms with Crippen molar-refractivity contribution in [1.29, 1.82) is 0 Å². The summed E-state index contributed by atoms with van der Waals surface area (Å²) in [7, 11) is 0. The van der Waals surface area contributed by atoms with Crippen LogP contribution < -0.4 is 0 Å². The number of aromatic nitrogens is 2. The fourth-order valence-corrected chi connectivity index (χ4v) is 5.46. The zero-order chi connectivity index (χ0) is 25.8. The average Bonchev–Trinajstić information content (AvgIpc) is 3.57. The topological polar surface area (TPSA) is 58.4 Å². The normalized spacial score (nSPS) is 12.9. The van der Waals surface area contributed by atoms with Crippen LogP contribution in [-0.2, 0) is 26.1 Å². The second-order valence-electron chi connectivity index (χ2n) is 9.23. The van der Waals surface area contributed by atoms with Gasteiger partial charge >= 0.3 is 0 Å². The number of nitrogens with zero attached hydrogens (tertiary/aromatic N) is 4. The van der Waals surface area contributed by atoms with Crippen LogP contribution in [0.5, 0.6) is 0 Å². The summed E-state index contributed by atoms with van der Waals surface area (Å²) in [5, 5.41) is 2.67. The lowest BCUT2D eigenvalue weighted by Crippen LogP contribution is -2.36. The van der Waals surface area contributed by atoms with E-state index in [0.717, 1.165) is 23.5 Å². The Morgan fingerprint density at radius 1 is 1.05 bits per heavy atom. The molecule has 0 saturated heterocycles. The Hall–Kier alpha value is -3.78. The second kappa shape index (κ2) is 11.1. The number of carbonyl (C=O) groups excluding carboxylic acids is 2. The maximum atomic E-state index is 13.3. The van der Waals surface area contributed by atoms with Crippen LogP contribution in [0, 0.1) is 5.82 Å². The molecule has 5 rings (SSSR count). The number of halogens is 1. The molecule has 0 radical (unpaired) electrons. The van der Waals surface area contributed by atoms with Crippen molar-refractivity contribution in [2.45, 2.75) is 39.4 Å². The van der Waals surface area contributed by atoms with E-state index in [1.54, 1.807) is 4.90 Å². The number of fused-ring (bicyclic) bond motifs is 1. The summed E-state index contributed by atoms with van der Waals surface area (Å²) in [5.41, 5.74) is 4.42. The van der Waals surface area contributed by atoms with Crippen molar-refractivity contribution in [1.82, 2.24) is 19.4 Å². The van der Waals surface area contributed by atoms with Crippen molar-refractivity contribution in [3.8, 4) is 0 Å². The first-order chi connectivity index (χ1) is 18.0. The van der Waals surface area contributed by atoms with Crippen LogP contribution in [0.4, 0.5) is 4.39 Å². The van der Waals surface area contributed by atoms with Crippen molar-refractivity contribution in [2.24, 2.45) is 0 Å². The van der Waals surface area contributed by atoms with Gasteiger partial charge in [0.05, 0.1) is 13.1 Å². The Bertz CT molecular complexity index is 1390. The highest BCUT2D eigenvalue weighted by atomic mass is 32.1. The Morgan fingerprint density at radius 2 is 1.84 bits per heavy atom. The number of hydrogen-bond donors (Lipinski definition) is 0. The molecule has 0 fully saturated rings. The predicted octanol–water partition coefficient (Wildman–Crippen LogP) is 5.38. The Morgan fingerprint density at radius 3 is 2.62 bits per heavy atom. The molecule has 37 heavy (non-hydrogen) atoms. The number of hydrogen-bond acceptors (Lipinski definition) is 4. The average molecular weight is 517 g/mol. The van der Waals surface area contributed by atoms with E-state index in [0.29, 0.717) is 44.0 Å². The molecule has 2 aromatic carbocycles. The van der Waals surface area contributed by atoms with E-state index in [9.17, 15) is 14.0 Å². The van der Waals surface area contributed by atoms with Crippen LogP contribution in [-0.4, -0.2) is 44.3 Å². The van der Waals surface area contributed by atoms with E-state index < -0.39 is 0 Å². The highest BCUT2D eigenvalue weighted by molar-refractivity contribution is 7.09. The molecule has 0 bridgehead atoms. The Kier molecular flexibility index (Phi) is 7.46. The number of thiazole rings is 1. The molecule has 0 spiro atoms. The van der Waals surface area contributed by atoms with Crippen LogP contribution >= 0.6 is 11.3 Å². The van der Waals surface area contributed by atoms with E-state index in [1.807, 2.05) is 47.7 Å². The van der Waals surface area contributed by atoms with Crippen molar-refractivity contribution in [2.75, 3.05) is 13.1 Å². The number of amides is 2. The van der Waals surface area contributed by atoms with Gasteiger partial charge < -0.3 is 14.4 Å². The summed E-state index contributed by atoms with van der Waals surface area (Å²) in [6.07, 6.45) is 3.63. The van der Waals surface area contributed by atoms with Gasteiger partial charge in [0.1, 0.15) is 16.5 Å². The van der Waals surface area contributed by atoms with Gasteiger partial charge in [0, 0.05) is 42.5 Å². The van der Waals surface area contributed by atoms with E-state index in [2.05, 4.69) is 21.7 Å². The minimum absolute atomic E-state index is 0.0382. The highest BCUT2D eigenvalue weighted by Crippen LogP contribution is 2.22. The third-order valence-corrected chi connectivity index (χ3v) is 7.48. The smallest absolute Gasteiger partial charge is 0.273 e. The molecule has 0 N–H and O–H groups in total. The minimum Gasteiger partial charge on any atom is -0.343 e. The highest BCUT2D eigenvalue weighted by Gasteiger charge is 2.24. The van der Waals surface area contributed by atoms with Crippen LogP contribution in [0.15, 0.2) is 72.2 Å². The first-order valence-electron chi connectivity index (χ1n) is 12.5. The maximum absolute atomic E-state index is 13.3. The summed E-state index contributed by atoms with van der Waals surface area (Å²) in [6.45, 7) is 4.88.